The van der Waals surface area contributed by atoms with Gasteiger partial charge < -0.3 is 5.11 Å². The van der Waals surface area contributed by atoms with E-state index in [1.165, 1.54) is 6.07 Å². The molecular weight excluding hydrogens is 402 g/mol. The van der Waals surface area contributed by atoms with Crippen LogP contribution in [0.5, 0.6) is 0 Å². The van der Waals surface area contributed by atoms with Crippen molar-refractivity contribution in [2.45, 2.75) is 13.8 Å². The summed E-state index contributed by atoms with van der Waals surface area (Å²) in [5.41, 5.74) is 4.26. The number of aryl methyl sites for hydroxylation is 2. The summed E-state index contributed by atoms with van der Waals surface area (Å²) in [6.07, 6.45) is 0. The van der Waals surface area contributed by atoms with Crippen LogP contribution in [0.2, 0.25) is 0 Å². The molecule has 3 N–H and O–H groups in total. The predicted molar refractivity (Wildman–Crippen MR) is 126 cm³/mol. The number of aromatic carboxylic acids is 1. The van der Waals surface area contributed by atoms with E-state index in [0.717, 1.165) is 22.2 Å². The molecule has 7 heteroatoms. The molecule has 0 saturated carbocycles. The second kappa shape index (κ2) is 8.77. The molecule has 0 amide bonds. The molecule has 4 aromatic rings. The zero-order valence-electron chi connectivity index (χ0n) is 17.6. The summed E-state index contributed by atoms with van der Waals surface area (Å²) in [6.45, 7) is 3.90. The van der Waals surface area contributed by atoms with E-state index in [1.54, 1.807) is 18.2 Å². The molecule has 4 rings (SSSR count). The first-order valence-electron chi connectivity index (χ1n) is 10.00. The van der Waals surface area contributed by atoms with Crippen molar-refractivity contribution in [3.63, 3.8) is 0 Å². The number of anilines is 1. The summed E-state index contributed by atoms with van der Waals surface area (Å²) in [7, 11) is 0. The summed E-state index contributed by atoms with van der Waals surface area (Å²) in [5.74, 6) is -1.01. The van der Waals surface area contributed by atoms with Gasteiger partial charge in [0.05, 0.1) is 22.5 Å². The lowest BCUT2D eigenvalue weighted by molar-refractivity contribution is 0.0696. The Morgan fingerprint density at radius 1 is 0.938 bits per heavy atom. The number of hydrogen-bond acceptors (Lipinski definition) is 4. The van der Waals surface area contributed by atoms with E-state index >= 15 is 0 Å². The van der Waals surface area contributed by atoms with Gasteiger partial charge in [0, 0.05) is 16.5 Å². The van der Waals surface area contributed by atoms with Gasteiger partial charge in [0.1, 0.15) is 0 Å². The Morgan fingerprint density at radius 2 is 1.62 bits per heavy atom. The minimum absolute atomic E-state index is 0.107. The third kappa shape index (κ3) is 4.37. The Balaban J connectivity index is 1.75. The molecule has 0 radical (unpaired) electrons. The second-order valence-corrected chi connectivity index (χ2v) is 7.30. The van der Waals surface area contributed by atoms with E-state index in [2.05, 4.69) is 20.3 Å². The van der Waals surface area contributed by atoms with Crippen molar-refractivity contribution in [1.29, 1.82) is 5.41 Å². The van der Waals surface area contributed by atoms with Gasteiger partial charge in [-0.15, -0.1) is 0 Å². The van der Waals surface area contributed by atoms with Gasteiger partial charge in [0.25, 0.3) is 0 Å². The molecule has 1 aromatic heterocycles. The summed E-state index contributed by atoms with van der Waals surface area (Å²) in [4.78, 5) is 25.1. The number of guanidine groups is 1. The summed E-state index contributed by atoms with van der Waals surface area (Å²) in [6, 6.07) is 21.7. The first-order valence-corrected chi connectivity index (χ1v) is 10.00. The standard InChI is InChI=1S/C25H21N5O2/c1-15-12-13-21-20(14-15)16(2)27-25(28-21)30-24(26)29-22(17-8-4-3-5-9-17)18-10-6-7-11-19(18)23(31)32/h3-14H,1-2H3,(H,31,32)(H2,26,27,28,30). The van der Waals surface area contributed by atoms with Crippen LogP contribution < -0.4 is 5.32 Å². The zero-order valence-corrected chi connectivity index (χ0v) is 17.6. The lowest BCUT2D eigenvalue weighted by Gasteiger charge is -2.12. The minimum atomic E-state index is -1.06. The van der Waals surface area contributed by atoms with Gasteiger partial charge in [-0.05, 0) is 32.0 Å². The van der Waals surface area contributed by atoms with Crippen LogP contribution in [-0.4, -0.2) is 32.7 Å². The van der Waals surface area contributed by atoms with Crippen molar-refractivity contribution in [3.05, 3.63) is 101 Å². The average Bonchev–Trinajstić information content (AvgIpc) is 2.78. The van der Waals surface area contributed by atoms with Gasteiger partial charge in [-0.3, -0.25) is 10.7 Å². The second-order valence-electron chi connectivity index (χ2n) is 7.30. The molecule has 7 nitrogen and oxygen atoms in total. The molecule has 0 unspecified atom stereocenters. The Morgan fingerprint density at radius 3 is 2.34 bits per heavy atom. The molecule has 0 fully saturated rings. The van der Waals surface area contributed by atoms with E-state index in [1.807, 2.05) is 62.4 Å². The summed E-state index contributed by atoms with van der Waals surface area (Å²) >= 11 is 0. The number of rotatable bonds is 4. The lowest BCUT2D eigenvalue weighted by atomic mass is 9.97. The number of fused-ring (bicyclic) bond motifs is 1. The number of nitrogens with one attached hydrogen (secondary N) is 2. The highest BCUT2D eigenvalue weighted by atomic mass is 16.4. The van der Waals surface area contributed by atoms with Crippen molar-refractivity contribution < 1.29 is 9.90 Å². The van der Waals surface area contributed by atoms with Gasteiger partial charge in [-0.2, -0.15) is 0 Å². The maximum Gasteiger partial charge on any atom is 0.336 e. The average molecular weight is 423 g/mol. The van der Waals surface area contributed by atoms with Gasteiger partial charge >= 0.3 is 5.97 Å². The number of aromatic nitrogens is 2. The van der Waals surface area contributed by atoms with Crippen LogP contribution in [0.3, 0.4) is 0 Å². The highest BCUT2D eigenvalue weighted by Gasteiger charge is 2.17. The van der Waals surface area contributed by atoms with Crippen LogP contribution in [-0.2, 0) is 0 Å². The summed E-state index contributed by atoms with van der Waals surface area (Å²) in [5, 5.41) is 21.8. The molecule has 3 aromatic carbocycles. The smallest absolute Gasteiger partial charge is 0.336 e. The van der Waals surface area contributed by atoms with E-state index in [-0.39, 0.29) is 17.5 Å². The molecular formula is C25H21N5O2. The number of carboxylic acid groups (broad SMARTS) is 1. The predicted octanol–water partition coefficient (Wildman–Crippen LogP) is 4.83. The molecule has 0 bridgehead atoms. The third-order valence-electron chi connectivity index (χ3n) is 4.96. The van der Waals surface area contributed by atoms with Gasteiger partial charge in [0.15, 0.2) is 0 Å². The minimum Gasteiger partial charge on any atom is -0.478 e. The number of benzene rings is 3. The first-order chi connectivity index (χ1) is 15.4. The molecule has 0 atom stereocenters. The maximum atomic E-state index is 11.8. The lowest BCUT2D eigenvalue weighted by Crippen LogP contribution is -2.17. The number of carbonyl (C=O) groups is 1. The molecule has 32 heavy (non-hydrogen) atoms. The number of nitrogens with zero attached hydrogens (tertiary/aromatic N) is 3. The fourth-order valence-electron chi connectivity index (χ4n) is 3.45. The first kappa shape index (κ1) is 20.9. The molecule has 0 aliphatic rings. The van der Waals surface area contributed by atoms with Crippen LogP contribution in [0.1, 0.15) is 32.7 Å². The molecule has 0 saturated heterocycles. The van der Waals surface area contributed by atoms with Crippen molar-refractivity contribution in [1.82, 2.24) is 9.97 Å². The van der Waals surface area contributed by atoms with Crippen LogP contribution in [0.15, 0.2) is 77.8 Å². The fraction of sp³-hybridized carbons (Fsp3) is 0.0800. The third-order valence-corrected chi connectivity index (χ3v) is 4.96. The largest absolute Gasteiger partial charge is 0.478 e. The van der Waals surface area contributed by atoms with Crippen molar-refractivity contribution in [3.8, 4) is 0 Å². The molecule has 0 spiro atoms. The quantitative estimate of drug-likeness (QED) is 0.322. The van der Waals surface area contributed by atoms with Crippen LogP contribution >= 0.6 is 0 Å². The van der Waals surface area contributed by atoms with Crippen LogP contribution in [0.4, 0.5) is 5.95 Å². The highest BCUT2D eigenvalue weighted by molar-refractivity contribution is 6.21. The SMILES string of the molecule is Cc1ccc2nc(NC(=N)N=C(c3ccccc3)c3ccccc3C(=O)O)nc(C)c2c1. The van der Waals surface area contributed by atoms with Crippen molar-refractivity contribution in [2.24, 2.45) is 4.99 Å². The van der Waals surface area contributed by atoms with E-state index in [0.29, 0.717) is 16.8 Å². The van der Waals surface area contributed by atoms with E-state index in [4.69, 9.17) is 5.41 Å². The molecule has 0 aliphatic heterocycles. The number of hydrogen-bond donors (Lipinski definition) is 3. The topological polar surface area (TPSA) is 111 Å². The molecule has 0 aliphatic carbocycles. The normalized spacial score (nSPS) is 11.4. The zero-order chi connectivity index (χ0) is 22.7. The number of aliphatic imine (C=N–C) groups is 1. The molecule has 1 heterocycles. The Bertz CT molecular complexity index is 1360. The molecule has 158 valence electrons. The maximum absolute atomic E-state index is 11.8. The van der Waals surface area contributed by atoms with Crippen LogP contribution in [0, 0.1) is 19.3 Å². The Kier molecular flexibility index (Phi) is 5.72. The Labute approximate surface area is 185 Å². The summed E-state index contributed by atoms with van der Waals surface area (Å²) < 4.78 is 0. The van der Waals surface area contributed by atoms with E-state index in [9.17, 15) is 9.90 Å². The highest BCUT2D eigenvalue weighted by Crippen LogP contribution is 2.20. The monoisotopic (exact) mass is 423 g/mol. The van der Waals surface area contributed by atoms with Gasteiger partial charge in [-0.1, -0.05) is 60.2 Å². The Hall–Kier alpha value is -4.39. The fourth-order valence-corrected chi connectivity index (χ4v) is 3.45. The van der Waals surface area contributed by atoms with Crippen LogP contribution in [0.25, 0.3) is 10.9 Å². The van der Waals surface area contributed by atoms with Crippen molar-refractivity contribution in [2.75, 3.05) is 5.32 Å². The number of carboxylic acids is 1. The van der Waals surface area contributed by atoms with E-state index < -0.39 is 5.97 Å². The van der Waals surface area contributed by atoms with Gasteiger partial charge in [0.2, 0.25) is 11.9 Å². The van der Waals surface area contributed by atoms with Gasteiger partial charge in [-0.25, -0.2) is 19.8 Å². The van der Waals surface area contributed by atoms with Crippen molar-refractivity contribution >= 4 is 34.5 Å².